The normalized spacial score (nSPS) is 14.4. The molecule has 0 radical (unpaired) electrons. The molecule has 1 fully saturated rings. The number of nitrogens with one attached hydrogen (secondary N) is 1. The van der Waals surface area contributed by atoms with E-state index in [-0.39, 0.29) is 37.4 Å². The number of Topliss-reactive ketones (excluding diaryl/α,β-unsaturated/α-hetero) is 1. The summed E-state index contributed by atoms with van der Waals surface area (Å²) < 4.78 is 5.17. The Morgan fingerprint density at radius 3 is 2.20 bits per heavy atom. The summed E-state index contributed by atoms with van der Waals surface area (Å²) in [4.78, 5) is 101. The van der Waals surface area contributed by atoms with Crippen molar-refractivity contribution in [2.24, 2.45) is 17.6 Å². The Labute approximate surface area is 229 Å². The molecule has 5 amide bonds. The van der Waals surface area contributed by atoms with Gasteiger partial charge in [0.05, 0.1) is 6.42 Å². The number of carbonyl (C=O) groups is 8. The molecular weight excluding hydrogens is 528 g/mol. The van der Waals surface area contributed by atoms with E-state index in [2.05, 4.69) is 10.3 Å². The number of imide groups is 1. The van der Waals surface area contributed by atoms with Crippen molar-refractivity contribution >= 4 is 47.3 Å². The Hall–Kier alpha value is -4.88. The highest BCUT2D eigenvalue weighted by Gasteiger charge is 2.32. The van der Waals surface area contributed by atoms with Crippen molar-refractivity contribution < 1.29 is 47.9 Å². The van der Waals surface area contributed by atoms with Crippen LogP contribution < -0.4 is 11.2 Å². The SMILES string of the molecule is C[C@H](CC(=O)OCc1ccccc1)C(=O)C[C@@H](C)C(=O)NN(CC(N)=O)C(=O)/C=C/C(=O)ON1C(=O)CCC1=O. The Morgan fingerprint density at radius 2 is 1.60 bits per heavy atom. The molecule has 2 atom stereocenters. The summed E-state index contributed by atoms with van der Waals surface area (Å²) in [6, 6.07) is 8.99. The number of hydroxylamine groups is 2. The molecule has 1 heterocycles. The van der Waals surface area contributed by atoms with Crippen LogP contribution >= 0.6 is 0 Å². The van der Waals surface area contributed by atoms with E-state index in [1.807, 2.05) is 6.07 Å². The molecule has 14 nitrogen and oxygen atoms in total. The number of hydrogen-bond acceptors (Lipinski definition) is 10. The molecule has 1 saturated heterocycles. The van der Waals surface area contributed by atoms with Crippen LogP contribution in [-0.2, 0) is 54.5 Å². The van der Waals surface area contributed by atoms with E-state index in [4.69, 9.17) is 10.5 Å². The lowest BCUT2D eigenvalue weighted by Crippen LogP contribution is -2.51. The Morgan fingerprint density at radius 1 is 0.975 bits per heavy atom. The molecule has 214 valence electrons. The molecule has 2 rings (SSSR count). The maximum atomic E-state index is 12.6. The zero-order valence-corrected chi connectivity index (χ0v) is 22.0. The second-order valence-electron chi connectivity index (χ2n) is 9.02. The molecule has 14 heteroatoms. The van der Waals surface area contributed by atoms with Crippen LogP contribution in [0.4, 0.5) is 0 Å². The first-order valence-electron chi connectivity index (χ1n) is 12.3. The molecular formula is C26H30N4O10. The average Bonchev–Trinajstić information content (AvgIpc) is 3.22. The number of ether oxygens (including phenoxy) is 1. The minimum absolute atomic E-state index is 0.0593. The third-order valence-corrected chi connectivity index (χ3v) is 5.59. The van der Waals surface area contributed by atoms with Crippen molar-refractivity contribution in [1.82, 2.24) is 15.5 Å². The van der Waals surface area contributed by atoms with Crippen molar-refractivity contribution in [2.45, 2.75) is 46.1 Å². The number of nitrogens with two attached hydrogens (primary N) is 1. The average molecular weight is 559 g/mol. The van der Waals surface area contributed by atoms with E-state index in [0.717, 1.165) is 5.56 Å². The first-order valence-corrected chi connectivity index (χ1v) is 12.3. The molecule has 0 bridgehead atoms. The van der Waals surface area contributed by atoms with Crippen LogP contribution in [0.5, 0.6) is 0 Å². The molecule has 1 aromatic carbocycles. The number of rotatable bonds is 13. The van der Waals surface area contributed by atoms with Gasteiger partial charge >= 0.3 is 11.9 Å². The fraction of sp³-hybridized carbons (Fsp3) is 0.385. The highest BCUT2D eigenvalue weighted by Crippen LogP contribution is 2.14. The fourth-order valence-electron chi connectivity index (χ4n) is 3.34. The first kappa shape index (κ1) is 31.3. The van der Waals surface area contributed by atoms with E-state index in [1.54, 1.807) is 24.3 Å². The van der Waals surface area contributed by atoms with Gasteiger partial charge in [-0.3, -0.25) is 39.0 Å². The lowest BCUT2D eigenvalue weighted by molar-refractivity contribution is -0.193. The van der Waals surface area contributed by atoms with Crippen molar-refractivity contribution in [3.8, 4) is 0 Å². The summed E-state index contributed by atoms with van der Waals surface area (Å²) in [5.41, 5.74) is 8.08. The first-order chi connectivity index (χ1) is 18.9. The summed E-state index contributed by atoms with van der Waals surface area (Å²) in [7, 11) is 0. The summed E-state index contributed by atoms with van der Waals surface area (Å²) >= 11 is 0. The highest BCUT2D eigenvalue weighted by atomic mass is 16.7. The van der Waals surface area contributed by atoms with Gasteiger partial charge in [0, 0.05) is 43.3 Å². The van der Waals surface area contributed by atoms with Crippen molar-refractivity contribution in [3.05, 3.63) is 48.0 Å². The third-order valence-electron chi connectivity index (χ3n) is 5.59. The predicted molar refractivity (Wildman–Crippen MR) is 134 cm³/mol. The number of esters is 1. The second-order valence-corrected chi connectivity index (χ2v) is 9.02. The van der Waals surface area contributed by atoms with E-state index in [9.17, 15) is 38.4 Å². The number of amides is 5. The topological polar surface area (TPSA) is 200 Å². The molecule has 1 aromatic rings. The van der Waals surface area contributed by atoms with Gasteiger partial charge in [0.2, 0.25) is 11.8 Å². The van der Waals surface area contributed by atoms with Crippen LogP contribution in [0.3, 0.4) is 0 Å². The van der Waals surface area contributed by atoms with Gasteiger partial charge < -0.3 is 15.3 Å². The number of hydrogen-bond donors (Lipinski definition) is 2. The summed E-state index contributed by atoms with van der Waals surface area (Å²) in [6.45, 7) is 2.21. The smallest absolute Gasteiger partial charge is 0.356 e. The summed E-state index contributed by atoms with van der Waals surface area (Å²) in [5.74, 6) is -8.23. The number of ketones is 1. The van der Waals surface area contributed by atoms with Gasteiger partial charge in [0.1, 0.15) is 18.9 Å². The molecule has 0 spiro atoms. The van der Waals surface area contributed by atoms with Crippen molar-refractivity contribution in [1.29, 1.82) is 0 Å². The number of primary amides is 1. The number of carbonyl (C=O) groups excluding carboxylic acids is 8. The van der Waals surface area contributed by atoms with E-state index < -0.39 is 65.6 Å². The van der Waals surface area contributed by atoms with Gasteiger partial charge in [-0.1, -0.05) is 44.2 Å². The van der Waals surface area contributed by atoms with Crippen LogP contribution in [0.25, 0.3) is 0 Å². The third kappa shape index (κ3) is 10.1. The molecule has 0 saturated carbocycles. The molecule has 40 heavy (non-hydrogen) atoms. The Balaban J connectivity index is 1.87. The maximum absolute atomic E-state index is 12.6. The van der Waals surface area contributed by atoms with Gasteiger partial charge in [-0.2, -0.15) is 0 Å². The molecule has 0 unspecified atom stereocenters. The number of benzene rings is 1. The standard InChI is InChI=1S/C26H30N4O10/c1-16(13-25(37)39-15-18-6-4-3-5-7-18)19(31)12-17(2)26(38)28-29(14-20(27)32)21(33)10-11-24(36)40-30-22(34)8-9-23(30)35/h3-7,10-11,16-17H,8-9,12-15H2,1-2H3,(H2,27,32)(H,28,38)/b11-10+/t16-,17-/m1/s1. The largest absolute Gasteiger partial charge is 0.461 e. The van der Waals surface area contributed by atoms with Crippen LogP contribution in [0.15, 0.2) is 42.5 Å². The van der Waals surface area contributed by atoms with E-state index in [0.29, 0.717) is 17.2 Å². The van der Waals surface area contributed by atoms with Crippen LogP contribution in [0, 0.1) is 11.8 Å². The number of nitrogens with zero attached hydrogens (tertiary/aromatic N) is 2. The quantitative estimate of drug-likeness (QED) is 0.142. The monoisotopic (exact) mass is 558 g/mol. The molecule has 1 aliphatic heterocycles. The fourth-order valence-corrected chi connectivity index (χ4v) is 3.34. The molecule has 3 N–H and O–H groups in total. The maximum Gasteiger partial charge on any atom is 0.356 e. The van der Waals surface area contributed by atoms with Gasteiger partial charge in [-0.25, -0.2) is 9.80 Å². The summed E-state index contributed by atoms with van der Waals surface area (Å²) in [5, 5.41) is 0.800. The van der Waals surface area contributed by atoms with Crippen molar-refractivity contribution in [2.75, 3.05) is 6.54 Å². The summed E-state index contributed by atoms with van der Waals surface area (Å²) in [6.07, 6.45) is 0.512. The second kappa shape index (κ2) is 14.9. The molecule has 1 aliphatic rings. The van der Waals surface area contributed by atoms with E-state index >= 15 is 0 Å². The van der Waals surface area contributed by atoms with E-state index in [1.165, 1.54) is 13.8 Å². The van der Waals surface area contributed by atoms with Crippen molar-refractivity contribution in [3.63, 3.8) is 0 Å². The zero-order chi connectivity index (χ0) is 29.8. The Bertz CT molecular complexity index is 1180. The van der Waals surface area contributed by atoms with Gasteiger partial charge in [-0.05, 0) is 5.56 Å². The molecule has 0 aliphatic carbocycles. The minimum Gasteiger partial charge on any atom is -0.461 e. The van der Waals surface area contributed by atoms with Crippen LogP contribution in [0.2, 0.25) is 0 Å². The molecule has 0 aromatic heterocycles. The van der Waals surface area contributed by atoms with Crippen LogP contribution in [0.1, 0.15) is 45.1 Å². The minimum atomic E-state index is -1.22. The lowest BCUT2D eigenvalue weighted by Gasteiger charge is -2.23. The lowest BCUT2D eigenvalue weighted by atomic mass is 9.94. The van der Waals surface area contributed by atoms with Gasteiger partial charge in [0.15, 0.2) is 0 Å². The van der Waals surface area contributed by atoms with Crippen LogP contribution in [-0.4, -0.2) is 63.9 Å². The van der Waals surface area contributed by atoms with Gasteiger partial charge in [-0.15, -0.1) is 5.06 Å². The zero-order valence-electron chi connectivity index (χ0n) is 22.0. The Kier molecular flexibility index (Phi) is 11.7. The van der Waals surface area contributed by atoms with Gasteiger partial charge in [0.25, 0.3) is 17.7 Å². The number of hydrazine groups is 1. The highest BCUT2D eigenvalue weighted by molar-refractivity contribution is 6.03. The predicted octanol–water partition coefficient (Wildman–Crippen LogP) is -0.140.